The molecule has 0 bridgehead atoms. The fourth-order valence-electron chi connectivity index (χ4n) is 3.80. The first-order valence-corrected chi connectivity index (χ1v) is 12.1. The van der Waals surface area contributed by atoms with Gasteiger partial charge in [-0.05, 0) is 92.5 Å². The van der Waals surface area contributed by atoms with Gasteiger partial charge >= 0.3 is 0 Å². The third-order valence-corrected chi connectivity index (χ3v) is 5.52. The van der Waals surface area contributed by atoms with Crippen LogP contribution in [0.25, 0.3) is 5.57 Å². The highest BCUT2D eigenvalue weighted by molar-refractivity contribution is 5.76. The molecule has 0 fully saturated rings. The Balaban J connectivity index is 0.00000199. The van der Waals surface area contributed by atoms with E-state index in [1.807, 2.05) is 26.2 Å². The van der Waals surface area contributed by atoms with Gasteiger partial charge in [0.15, 0.2) is 0 Å². The summed E-state index contributed by atoms with van der Waals surface area (Å²) in [5.41, 5.74) is 10.8. The summed E-state index contributed by atoms with van der Waals surface area (Å²) in [4.78, 5) is 2.12. The quantitative estimate of drug-likeness (QED) is 0.447. The van der Waals surface area contributed by atoms with Crippen molar-refractivity contribution in [3.05, 3.63) is 101 Å². The predicted octanol–water partition coefficient (Wildman–Crippen LogP) is 6.15. The zero-order valence-electron chi connectivity index (χ0n) is 21.1. The van der Waals surface area contributed by atoms with Gasteiger partial charge in [-0.2, -0.15) is 0 Å². The maximum absolute atomic E-state index is 9.83. The fourth-order valence-corrected chi connectivity index (χ4v) is 3.80. The molecule has 0 unspecified atom stereocenters. The van der Waals surface area contributed by atoms with Crippen molar-refractivity contribution in [2.45, 2.75) is 32.6 Å². The van der Waals surface area contributed by atoms with E-state index in [1.165, 1.54) is 29.3 Å². The summed E-state index contributed by atoms with van der Waals surface area (Å²) in [5, 5.41) is 9.83. The minimum atomic E-state index is 0.292. The lowest BCUT2D eigenvalue weighted by molar-refractivity contribution is 0.261. The molecule has 0 heterocycles. The third-order valence-electron chi connectivity index (χ3n) is 5.52. The lowest BCUT2D eigenvalue weighted by Crippen LogP contribution is -2.19. The zero-order valence-corrected chi connectivity index (χ0v) is 21.1. The van der Waals surface area contributed by atoms with Crippen LogP contribution in [0.5, 0.6) is 11.5 Å². The molecule has 0 saturated heterocycles. The van der Waals surface area contributed by atoms with E-state index in [0.717, 1.165) is 43.5 Å². The molecular weight excluding hydrogens is 420 g/mol. The summed E-state index contributed by atoms with van der Waals surface area (Å²) >= 11 is 0. The number of aromatic hydroxyl groups is 1. The lowest BCUT2D eigenvalue weighted by atomic mass is 9.87. The smallest absolute Gasteiger partial charge is 0.119 e. The van der Waals surface area contributed by atoms with Crippen LogP contribution in [-0.2, 0) is 6.42 Å². The van der Waals surface area contributed by atoms with Crippen LogP contribution < -0.4 is 10.5 Å². The van der Waals surface area contributed by atoms with Gasteiger partial charge in [0, 0.05) is 6.54 Å². The average molecular weight is 461 g/mol. The van der Waals surface area contributed by atoms with Gasteiger partial charge in [-0.3, -0.25) is 0 Å². The molecule has 0 aromatic heterocycles. The average Bonchev–Trinajstić information content (AvgIpc) is 3.13. The monoisotopic (exact) mass is 460 g/mol. The van der Waals surface area contributed by atoms with Crippen molar-refractivity contribution in [2.24, 2.45) is 5.73 Å². The van der Waals surface area contributed by atoms with Crippen molar-refractivity contribution in [1.82, 2.24) is 4.90 Å². The number of allylic oxidation sites excluding steroid dienone is 8. The van der Waals surface area contributed by atoms with Crippen LogP contribution in [0.3, 0.4) is 0 Å². The van der Waals surface area contributed by atoms with Crippen molar-refractivity contribution in [1.29, 1.82) is 0 Å². The van der Waals surface area contributed by atoms with E-state index in [0.29, 0.717) is 12.4 Å². The Hall–Kier alpha value is -3.08. The van der Waals surface area contributed by atoms with E-state index in [9.17, 15) is 5.11 Å². The van der Waals surface area contributed by atoms with Gasteiger partial charge in [0.1, 0.15) is 18.1 Å². The van der Waals surface area contributed by atoms with Gasteiger partial charge in [0.05, 0.1) is 0 Å². The lowest BCUT2D eigenvalue weighted by Gasteiger charge is -2.18. The molecule has 2 aromatic rings. The molecule has 0 spiro atoms. The zero-order chi connectivity index (χ0) is 24.8. The minimum absolute atomic E-state index is 0.292. The SMILES string of the molecule is CCC/C(C1=CC=CCC=C1)=C(/Cc1ccc(OCCN(C)C)cc1)c1ccc(O)cc1.CN. The summed E-state index contributed by atoms with van der Waals surface area (Å²) < 4.78 is 5.86. The molecule has 0 aliphatic heterocycles. The first-order chi connectivity index (χ1) is 16.6. The molecule has 4 heteroatoms. The Labute approximate surface area is 205 Å². The number of phenolic OH excluding ortho intramolecular Hbond substituents is 1. The van der Waals surface area contributed by atoms with Crippen LogP contribution in [0.4, 0.5) is 0 Å². The standard InChI is InChI=1S/C29H35NO2.CH5N/c1-4-9-28(24-10-7-5-6-8-11-24)29(25-14-16-26(31)17-15-25)22-23-12-18-27(19-13-23)32-21-20-30(2)3;1-2/h5,7-8,10-19,31H,4,6,9,20-22H2,1-3H3;2H2,1H3/b29-28+;. The number of nitrogens with two attached hydrogens (primary N) is 1. The summed E-state index contributed by atoms with van der Waals surface area (Å²) in [6.45, 7) is 3.80. The molecule has 1 aliphatic carbocycles. The Kier molecular flexibility index (Phi) is 11.9. The number of benzene rings is 2. The molecule has 4 nitrogen and oxygen atoms in total. The van der Waals surface area contributed by atoms with Crippen molar-refractivity contribution in [3.63, 3.8) is 0 Å². The Morgan fingerprint density at radius 3 is 2.32 bits per heavy atom. The second-order valence-corrected chi connectivity index (χ2v) is 8.41. The first-order valence-electron chi connectivity index (χ1n) is 12.1. The minimum Gasteiger partial charge on any atom is -0.508 e. The van der Waals surface area contributed by atoms with Gasteiger partial charge in [-0.1, -0.05) is 68.0 Å². The molecule has 1 aliphatic rings. The number of ether oxygens (including phenoxy) is 1. The van der Waals surface area contributed by atoms with Gasteiger partial charge in [-0.15, -0.1) is 0 Å². The molecule has 0 radical (unpaired) electrons. The number of rotatable bonds is 10. The van der Waals surface area contributed by atoms with E-state index >= 15 is 0 Å². The molecule has 0 saturated carbocycles. The summed E-state index contributed by atoms with van der Waals surface area (Å²) in [6, 6.07) is 16.0. The maximum atomic E-state index is 9.83. The molecular formula is C30H40N2O2. The first kappa shape index (κ1) is 27.2. The van der Waals surface area contributed by atoms with Gasteiger partial charge in [0.25, 0.3) is 0 Å². The van der Waals surface area contributed by atoms with E-state index in [4.69, 9.17) is 4.74 Å². The summed E-state index contributed by atoms with van der Waals surface area (Å²) in [5.74, 6) is 1.19. The highest BCUT2D eigenvalue weighted by Gasteiger charge is 2.14. The third kappa shape index (κ3) is 8.69. The van der Waals surface area contributed by atoms with Crippen LogP contribution in [0, 0.1) is 0 Å². The largest absolute Gasteiger partial charge is 0.508 e. The van der Waals surface area contributed by atoms with Gasteiger partial charge < -0.3 is 20.5 Å². The molecule has 34 heavy (non-hydrogen) atoms. The molecule has 182 valence electrons. The van der Waals surface area contributed by atoms with Crippen molar-refractivity contribution in [2.75, 3.05) is 34.3 Å². The van der Waals surface area contributed by atoms with Crippen LogP contribution in [-0.4, -0.2) is 44.3 Å². The van der Waals surface area contributed by atoms with Crippen LogP contribution in [0.1, 0.15) is 37.3 Å². The molecule has 2 aromatic carbocycles. The number of nitrogens with zero attached hydrogens (tertiary/aromatic N) is 1. The molecule has 3 N–H and O–H groups in total. The second-order valence-electron chi connectivity index (χ2n) is 8.41. The van der Waals surface area contributed by atoms with Gasteiger partial charge in [-0.25, -0.2) is 0 Å². The van der Waals surface area contributed by atoms with Crippen LogP contribution in [0.15, 0.2) is 90.1 Å². The van der Waals surface area contributed by atoms with E-state index in [-0.39, 0.29) is 0 Å². The summed E-state index contributed by atoms with van der Waals surface area (Å²) in [6.07, 6.45) is 14.9. The Morgan fingerprint density at radius 2 is 1.68 bits per heavy atom. The Bertz CT molecular complexity index is 981. The molecule has 0 atom stereocenters. The van der Waals surface area contributed by atoms with Crippen LogP contribution in [0.2, 0.25) is 0 Å². The van der Waals surface area contributed by atoms with E-state index < -0.39 is 0 Å². The Morgan fingerprint density at radius 1 is 0.971 bits per heavy atom. The van der Waals surface area contributed by atoms with Crippen molar-refractivity contribution < 1.29 is 9.84 Å². The topological polar surface area (TPSA) is 58.7 Å². The van der Waals surface area contributed by atoms with Gasteiger partial charge in [0.2, 0.25) is 0 Å². The predicted molar refractivity (Wildman–Crippen MR) is 145 cm³/mol. The number of hydrogen-bond donors (Lipinski definition) is 2. The number of hydrogen-bond acceptors (Lipinski definition) is 4. The van der Waals surface area contributed by atoms with E-state index in [2.05, 4.69) is 72.2 Å². The molecule has 0 amide bonds. The molecule has 3 rings (SSSR count). The second kappa shape index (κ2) is 14.9. The number of phenols is 1. The normalized spacial score (nSPS) is 13.5. The number of likely N-dealkylation sites (N-methyl/N-ethyl adjacent to an activating group) is 1. The highest BCUT2D eigenvalue weighted by Crippen LogP contribution is 2.33. The fraction of sp³-hybridized carbons (Fsp3) is 0.333. The van der Waals surface area contributed by atoms with Crippen molar-refractivity contribution >= 4 is 5.57 Å². The summed E-state index contributed by atoms with van der Waals surface area (Å²) in [7, 11) is 5.60. The highest BCUT2D eigenvalue weighted by atomic mass is 16.5. The van der Waals surface area contributed by atoms with Crippen LogP contribution >= 0.6 is 0 Å². The van der Waals surface area contributed by atoms with E-state index in [1.54, 1.807) is 12.1 Å². The maximum Gasteiger partial charge on any atom is 0.119 e. The van der Waals surface area contributed by atoms with Crippen molar-refractivity contribution in [3.8, 4) is 11.5 Å².